The van der Waals surface area contributed by atoms with Crippen LogP contribution in [0.15, 0.2) is 47.4 Å². The molecule has 2 aromatic rings. The van der Waals surface area contributed by atoms with Gasteiger partial charge in [0, 0.05) is 40.8 Å². The van der Waals surface area contributed by atoms with Gasteiger partial charge in [0.2, 0.25) is 10.0 Å². The molecule has 0 N–H and O–H groups in total. The Labute approximate surface area is 178 Å². The smallest absolute Gasteiger partial charge is 0.307 e. The van der Waals surface area contributed by atoms with E-state index in [4.69, 9.17) is 27.9 Å². The SMILES string of the molecule is CCOC(=O)CCN(Cc1c(Cl)cccc1Cl)S(=O)(=O)c1ccc([N+](=O)[O-])cc1. The van der Waals surface area contributed by atoms with Crippen molar-refractivity contribution < 1.29 is 22.9 Å². The highest BCUT2D eigenvalue weighted by atomic mass is 35.5. The quantitative estimate of drug-likeness (QED) is 0.317. The van der Waals surface area contributed by atoms with Gasteiger partial charge in [0.25, 0.3) is 5.69 Å². The van der Waals surface area contributed by atoms with Crippen molar-refractivity contribution in [3.8, 4) is 0 Å². The normalized spacial score (nSPS) is 11.4. The number of halogens is 2. The van der Waals surface area contributed by atoms with Gasteiger partial charge < -0.3 is 4.74 Å². The molecule has 0 fully saturated rings. The number of non-ortho nitro benzene ring substituents is 1. The molecule has 11 heteroatoms. The van der Waals surface area contributed by atoms with Gasteiger partial charge in [0.05, 0.1) is 22.8 Å². The van der Waals surface area contributed by atoms with Crippen molar-refractivity contribution in [3.05, 3.63) is 68.2 Å². The van der Waals surface area contributed by atoms with Crippen LogP contribution in [0.5, 0.6) is 0 Å². The van der Waals surface area contributed by atoms with Crippen LogP contribution in [0.4, 0.5) is 5.69 Å². The van der Waals surface area contributed by atoms with Crippen molar-refractivity contribution in [2.75, 3.05) is 13.2 Å². The lowest BCUT2D eigenvalue weighted by Gasteiger charge is -2.23. The van der Waals surface area contributed by atoms with Crippen LogP contribution in [-0.2, 0) is 26.1 Å². The van der Waals surface area contributed by atoms with Crippen LogP contribution in [0.25, 0.3) is 0 Å². The van der Waals surface area contributed by atoms with Crippen LogP contribution < -0.4 is 0 Å². The highest BCUT2D eigenvalue weighted by Crippen LogP contribution is 2.28. The van der Waals surface area contributed by atoms with Crippen molar-refractivity contribution in [1.29, 1.82) is 0 Å². The second-order valence-electron chi connectivity index (χ2n) is 5.84. The fourth-order valence-electron chi connectivity index (χ4n) is 2.48. The van der Waals surface area contributed by atoms with Gasteiger partial charge in [-0.2, -0.15) is 4.31 Å². The number of nitrogens with zero attached hydrogens (tertiary/aromatic N) is 2. The number of esters is 1. The second kappa shape index (κ2) is 10.0. The lowest BCUT2D eigenvalue weighted by atomic mass is 10.2. The first kappa shape index (κ1) is 23.1. The molecule has 0 unspecified atom stereocenters. The molecular weight excluding hydrogens is 443 g/mol. The predicted molar refractivity (Wildman–Crippen MR) is 108 cm³/mol. The van der Waals surface area contributed by atoms with E-state index in [0.717, 1.165) is 28.6 Å². The van der Waals surface area contributed by atoms with E-state index in [0.29, 0.717) is 5.56 Å². The molecule has 0 radical (unpaired) electrons. The topological polar surface area (TPSA) is 107 Å². The molecule has 156 valence electrons. The van der Waals surface area contributed by atoms with Crippen LogP contribution in [-0.4, -0.2) is 36.8 Å². The number of rotatable bonds is 9. The minimum atomic E-state index is -4.10. The van der Waals surface area contributed by atoms with Gasteiger partial charge in [0.15, 0.2) is 0 Å². The molecule has 0 bridgehead atoms. The fourth-order valence-corrected chi connectivity index (χ4v) is 4.41. The maximum absolute atomic E-state index is 13.1. The van der Waals surface area contributed by atoms with Crippen molar-refractivity contribution >= 4 is 44.9 Å². The molecule has 0 saturated carbocycles. The largest absolute Gasteiger partial charge is 0.466 e. The summed E-state index contributed by atoms with van der Waals surface area (Å²) in [5.41, 5.74) is 0.140. The van der Waals surface area contributed by atoms with Gasteiger partial charge in [-0.25, -0.2) is 8.42 Å². The number of nitro groups is 1. The van der Waals surface area contributed by atoms with Crippen molar-refractivity contribution in [3.63, 3.8) is 0 Å². The van der Waals surface area contributed by atoms with Crippen molar-refractivity contribution in [1.82, 2.24) is 4.31 Å². The Bertz CT molecular complexity index is 976. The van der Waals surface area contributed by atoms with E-state index in [1.807, 2.05) is 0 Å². The molecule has 0 spiro atoms. The van der Waals surface area contributed by atoms with Crippen molar-refractivity contribution in [2.45, 2.75) is 24.8 Å². The molecule has 0 heterocycles. The summed E-state index contributed by atoms with van der Waals surface area (Å²) in [4.78, 5) is 21.8. The average Bonchev–Trinajstić information content (AvgIpc) is 2.67. The fraction of sp³-hybridized carbons (Fsp3) is 0.278. The summed E-state index contributed by atoms with van der Waals surface area (Å²) in [5.74, 6) is -0.554. The Morgan fingerprint density at radius 2 is 1.72 bits per heavy atom. The zero-order valence-corrected chi connectivity index (χ0v) is 17.7. The summed E-state index contributed by atoms with van der Waals surface area (Å²) < 4.78 is 32.2. The molecule has 0 amide bonds. The first-order valence-electron chi connectivity index (χ1n) is 8.50. The standard InChI is InChI=1S/C18H18Cl2N2O6S/c1-2-28-18(23)10-11-21(12-15-16(19)4-3-5-17(15)20)29(26,27)14-8-6-13(7-9-14)22(24)25/h3-9H,2,10-12H2,1H3. The van der Waals surface area contributed by atoms with E-state index in [9.17, 15) is 23.3 Å². The number of hydrogen-bond acceptors (Lipinski definition) is 6. The lowest BCUT2D eigenvalue weighted by Crippen LogP contribution is -2.33. The zero-order valence-electron chi connectivity index (χ0n) is 15.4. The van der Waals surface area contributed by atoms with E-state index >= 15 is 0 Å². The van der Waals surface area contributed by atoms with Crippen LogP contribution in [0.2, 0.25) is 10.0 Å². The third-order valence-corrected chi connectivity index (χ3v) is 6.52. The molecule has 8 nitrogen and oxygen atoms in total. The van der Waals surface area contributed by atoms with Gasteiger partial charge in [-0.05, 0) is 31.2 Å². The van der Waals surface area contributed by atoms with E-state index in [1.165, 1.54) is 0 Å². The zero-order chi connectivity index (χ0) is 21.6. The van der Waals surface area contributed by atoms with E-state index in [1.54, 1.807) is 25.1 Å². The van der Waals surface area contributed by atoms with Gasteiger partial charge in [-0.1, -0.05) is 29.3 Å². The number of benzene rings is 2. The Morgan fingerprint density at radius 3 is 2.24 bits per heavy atom. The summed E-state index contributed by atoms with van der Waals surface area (Å²) in [6.07, 6.45) is -0.178. The average molecular weight is 461 g/mol. The number of carbonyl (C=O) groups is 1. The molecule has 0 aromatic heterocycles. The number of ether oxygens (including phenoxy) is 1. The van der Waals surface area contributed by atoms with Crippen LogP contribution in [0.1, 0.15) is 18.9 Å². The molecular formula is C18H18Cl2N2O6S. The maximum Gasteiger partial charge on any atom is 0.307 e. The third kappa shape index (κ3) is 5.89. The molecule has 2 aromatic carbocycles. The van der Waals surface area contributed by atoms with Gasteiger partial charge >= 0.3 is 5.97 Å². The molecule has 29 heavy (non-hydrogen) atoms. The van der Waals surface area contributed by atoms with Crippen LogP contribution in [0.3, 0.4) is 0 Å². The Kier molecular flexibility index (Phi) is 7.97. The number of sulfonamides is 1. The second-order valence-corrected chi connectivity index (χ2v) is 8.60. The molecule has 0 aliphatic heterocycles. The monoisotopic (exact) mass is 460 g/mol. The summed E-state index contributed by atoms with van der Waals surface area (Å²) >= 11 is 12.3. The number of carbonyl (C=O) groups excluding carboxylic acids is 1. The predicted octanol–water partition coefficient (Wildman–Crippen LogP) is 4.05. The van der Waals surface area contributed by atoms with Crippen LogP contribution >= 0.6 is 23.2 Å². The molecule has 0 saturated heterocycles. The highest BCUT2D eigenvalue weighted by molar-refractivity contribution is 7.89. The molecule has 2 rings (SSSR count). The lowest BCUT2D eigenvalue weighted by molar-refractivity contribution is -0.384. The Balaban J connectivity index is 2.38. The minimum absolute atomic E-state index is 0.157. The van der Waals surface area contributed by atoms with Gasteiger partial charge in [-0.3, -0.25) is 14.9 Å². The van der Waals surface area contributed by atoms with Gasteiger partial charge in [-0.15, -0.1) is 0 Å². The number of nitro benzene ring substituents is 1. The Hall–Kier alpha value is -2.20. The van der Waals surface area contributed by atoms with Crippen LogP contribution in [0, 0.1) is 10.1 Å². The first-order valence-corrected chi connectivity index (χ1v) is 10.7. The van der Waals surface area contributed by atoms with E-state index in [-0.39, 0.29) is 46.7 Å². The minimum Gasteiger partial charge on any atom is -0.466 e. The maximum atomic E-state index is 13.1. The Morgan fingerprint density at radius 1 is 1.14 bits per heavy atom. The first-order chi connectivity index (χ1) is 13.7. The summed E-state index contributed by atoms with van der Waals surface area (Å²) in [6.45, 7) is 1.45. The van der Waals surface area contributed by atoms with E-state index in [2.05, 4.69) is 0 Å². The number of hydrogen-bond donors (Lipinski definition) is 0. The van der Waals surface area contributed by atoms with E-state index < -0.39 is 20.9 Å². The summed E-state index contributed by atoms with van der Waals surface area (Å²) in [6, 6.07) is 9.24. The third-order valence-electron chi connectivity index (χ3n) is 3.95. The van der Waals surface area contributed by atoms with Crippen molar-refractivity contribution in [2.24, 2.45) is 0 Å². The summed E-state index contributed by atoms with van der Waals surface area (Å²) in [5, 5.41) is 11.4. The summed E-state index contributed by atoms with van der Waals surface area (Å²) in [7, 11) is -4.10. The van der Waals surface area contributed by atoms with Gasteiger partial charge in [0.1, 0.15) is 0 Å². The molecule has 0 aliphatic carbocycles. The molecule has 0 atom stereocenters. The highest BCUT2D eigenvalue weighted by Gasteiger charge is 2.27. The molecule has 0 aliphatic rings.